The predicted molar refractivity (Wildman–Crippen MR) is 91.2 cm³/mol. The average molecular weight is 352 g/mol. The minimum atomic E-state index is -3.54. The molecule has 2 aliphatic rings. The average Bonchev–Trinajstić information content (AvgIpc) is 2.44. The second kappa shape index (κ2) is 6.82. The number of ether oxygens (including phenoxy) is 1. The fourth-order valence-corrected chi connectivity index (χ4v) is 4.69. The van der Waals surface area contributed by atoms with Gasteiger partial charge >= 0.3 is 0 Å². The van der Waals surface area contributed by atoms with E-state index in [1.54, 1.807) is 24.3 Å². The zero-order valence-electron chi connectivity index (χ0n) is 14.1. The van der Waals surface area contributed by atoms with Gasteiger partial charge in [0.2, 0.25) is 15.9 Å². The summed E-state index contributed by atoms with van der Waals surface area (Å²) in [5.41, 5.74) is 0.634. The highest BCUT2D eigenvalue weighted by Gasteiger charge is 2.32. The number of carbonyl (C=O) groups excluding carboxylic acids is 1. The Kier molecular flexibility index (Phi) is 4.94. The first-order chi connectivity index (χ1) is 11.4. The van der Waals surface area contributed by atoms with E-state index in [-0.39, 0.29) is 28.9 Å². The zero-order valence-corrected chi connectivity index (χ0v) is 14.9. The lowest BCUT2D eigenvalue weighted by molar-refractivity contribution is -0.122. The van der Waals surface area contributed by atoms with Crippen molar-refractivity contribution in [1.29, 1.82) is 0 Å². The largest absolute Gasteiger partial charge is 0.373 e. The third-order valence-corrected chi connectivity index (χ3v) is 6.47. The monoisotopic (exact) mass is 352 g/mol. The maximum absolute atomic E-state index is 12.8. The van der Waals surface area contributed by atoms with Crippen molar-refractivity contribution in [2.24, 2.45) is 5.92 Å². The zero-order chi connectivity index (χ0) is 17.3. The van der Waals surface area contributed by atoms with Gasteiger partial charge in [-0.3, -0.25) is 4.79 Å². The molecule has 1 saturated carbocycles. The molecule has 1 aromatic rings. The first-order valence-electron chi connectivity index (χ1n) is 8.43. The van der Waals surface area contributed by atoms with Crippen molar-refractivity contribution in [2.45, 2.75) is 50.2 Å². The van der Waals surface area contributed by atoms with Gasteiger partial charge in [-0.05, 0) is 51.0 Å². The normalized spacial score (nSPS) is 25.9. The van der Waals surface area contributed by atoms with Gasteiger partial charge in [-0.25, -0.2) is 8.42 Å². The minimum absolute atomic E-state index is 0.0210. The van der Waals surface area contributed by atoms with Gasteiger partial charge in [-0.2, -0.15) is 4.31 Å². The highest BCUT2D eigenvalue weighted by atomic mass is 32.2. The van der Waals surface area contributed by atoms with Crippen molar-refractivity contribution >= 4 is 21.6 Å². The summed E-state index contributed by atoms with van der Waals surface area (Å²) >= 11 is 0. The standard InChI is InChI=1S/C17H24N2O4S/c1-12-10-19(11-13(2)23-12)24(21,22)16-8-6-15(7-9-16)18-17(20)14-4-3-5-14/h6-9,12-14H,3-5,10-11H2,1-2H3,(H,18,20)/t12-,13-/m0/s1. The van der Waals surface area contributed by atoms with Crippen LogP contribution in [0.3, 0.4) is 0 Å². The van der Waals surface area contributed by atoms with Gasteiger partial charge in [0.15, 0.2) is 0 Å². The molecule has 0 radical (unpaired) electrons. The summed E-state index contributed by atoms with van der Waals surface area (Å²) in [7, 11) is -3.54. The molecule has 3 rings (SSSR count). The Hall–Kier alpha value is -1.44. The number of anilines is 1. The highest BCUT2D eigenvalue weighted by Crippen LogP contribution is 2.28. The summed E-state index contributed by atoms with van der Waals surface area (Å²) in [6.07, 6.45) is 2.73. The van der Waals surface area contributed by atoms with Crippen LogP contribution in [-0.2, 0) is 19.6 Å². The van der Waals surface area contributed by atoms with E-state index < -0.39 is 10.0 Å². The van der Waals surface area contributed by atoms with Gasteiger partial charge in [0.25, 0.3) is 0 Å². The number of carbonyl (C=O) groups is 1. The second-order valence-electron chi connectivity index (χ2n) is 6.72. The van der Waals surface area contributed by atoms with Crippen molar-refractivity contribution in [2.75, 3.05) is 18.4 Å². The van der Waals surface area contributed by atoms with Crippen molar-refractivity contribution < 1.29 is 17.9 Å². The van der Waals surface area contributed by atoms with Crippen molar-refractivity contribution in [3.63, 3.8) is 0 Å². The quantitative estimate of drug-likeness (QED) is 0.901. The van der Waals surface area contributed by atoms with E-state index in [2.05, 4.69) is 5.32 Å². The molecule has 1 amide bonds. The van der Waals surface area contributed by atoms with Gasteiger partial charge in [0.1, 0.15) is 0 Å². The lowest BCUT2D eigenvalue weighted by Crippen LogP contribution is -2.48. The molecule has 0 aromatic heterocycles. The molecule has 24 heavy (non-hydrogen) atoms. The van der Waals surface area contributed by atoms with Crippen LogP contribution in [0.5, 0.6) is 0 Å². The van der Waals surface area contributed by atoms with Crippen molar-refractivity contribution in [3.05, 3.63) is 24.3 Å². The van der Waals surface area contributed by atoms with Gasteiger partial charge < -0.3 is 10.1 Å². The maximum atomic E-state index is 12.8. The molecule has 0 unspecified atom stereocenters. The third-order valence-electron chi connectivity index (χ3n) is 4.62. The third kappa shape index (κ3) is 3.63. The Morgan fingerprint density at radius 3 is 2.21 bits per heavy atom. The molecule has 1 N–H and O–H groups in total. The van der Waals surface area contributed by atoms with E-state index in [0.29, 0.717) is 18.8 Å². The summed E-state index contributed by atoms with van der Waals surface area (Å²) in [5.74, 6) is 0.123. The van der Waals surface area contributed by atoms with E-state index in [1.165, 1.54) is 4.31 Å². The number of nitrogens with one attached hydrogen (secondary N) is 1. The fourth-order valence-electron chi connectivity index (χ4n) is 3.10. The molecule has 0 bridgehead atoms. The lowest BCUT2D eigenvalue weighted by Gasteiger charge is -2.34. The Labute approximate surface area is 143 Å². The first-order valence-corrected chi connectivity index (χ1v) is 9.87. The first kappa shape index (κ1) is 17.4. The van der Waals surface area contributed by atoms with Crippen LogP contribution in [0.25, 0.3) is 0 Å². The summed E-state index contributed by atoms with van der Waals surface area (Å²) in [6, 6.07) is 6.40. The van der Waals surface area contributed by atoms with E-state index in [4.69, 9.17) is 4.74 Å². The smallest absolute Gasteiger partial charge is 0.243 e. The van der Waals surface area contributed by atoms with Crippen LogP contribution in [0, 0.1) is 5.92 Å². The topological polar surface area (TPSA) is 75.7 Å². The summed E-state index contributed by atoms with van der Waals surface area (Å²) < 4.78 is 32.6. The Balaban J connectivity index is 1.70. The number of morpholine rings is 1. The predicted octanol–water partition coefficient (Wildman–Crippen LogP) is 2.22. The van der Waals surface area contributed by atoms with E-state index in [0.717, 1.165) is 19.3 Å². The fraction of sp³-hybridized carbons (Fsp3) is 0.588. The van der Waals surface area contributed by atoms with E-state index >= 15 is 0 Å². The number of rotatable bonds is 4. The number of benzene rings is 1. The van der Waals surface area contributed by atoms with Gasteiger partial charge in [0, 0.05) is 24.7 Å². The highest BCUT2D eigenvalue weighted by molar-refractivity contribution is 7.89. The lowest BCUT2D eigenvalue weighted by atomic mass is 9.85. The van der Waals surface area contributed by atoms with Crippen LogP contribution >= 0.6 is 0 Å². The molecule has 1 heterocycles. The molecule has 1 aromatic carbocycles. The number of nitrogens with zero attached hydrogens (tertiary/aromatic N) is 1. The van der Waals surface area contributed by atoms with E-state index in [1.807, 2.05) is 13.8 Å². The van der Waals surface area contributed by atoms with Crippen LogP contribution in [0.15, 0.2) is 29.2 Å². The molecule has 2 fully saturated rings. The van der Waals surface area contributed by atoms with Crippen molar-refractivity contribution in [3.8, 4) is 0 Å². The van der Waals surface area contributed by atoms with E-state index in [9.17, 15) is 13.2 Å². The van der Waals surface area contributed by atoms with Crippen LogP contribution in [-0.4, -0.2) is 43.9 Å². The Morgan fingerprint density at radius 2 is 1.71 bits per heavy atom. The molecule has 2 atom stereocenters. The summed E-state index contributed by atoms with van der Waals surface area (Å²) in [5, 5.41) is 2.85. The minimum Gasteiger partial charge on any atom is -0.373 e. The second-order valence-corrected chi connectivity index (χ2v) is 8.66. The number of sulfonamides is 1. The molecule has 1 aliphatic heterocycles. The number of hydrogen-bond donors (Lipinski definition) is 1. The van der Waals surface area contributed by atoms with Gasteiger partial charge in [-0.15, -0.1) is 0 Å². The molecule has 6 nitrogen and oxygen atoms in total. The molecule has 0 spiro atoms. The van der Waals surface area contributed by atoms with Crippen LogP contribution in [0.1, 0.15) is 33.1 Å². The summed E-state index contributed by atoms with van der Waals surface area (Å²) in [6.45, 7) is 4.45. The van der Waals surface area contributed by atoms with Crippen molar-refractivity contribution in [1.82, 2.24) is 4.31 Å². The molecule has 132 valence electrons. The summed E-state index contributed by atoms with van der Waals surface area (Å²) in [4.78, 5) is 12.2. The van der Waals surface area contributed by atoms with Crippen LogP contribution in [0.4, 0.5) is 5.69 Å². The molecule has 1 saturated heterocycles. The number of hydrogen-bond acceptors (Lipinski definition) is 4. The van der Waals surface area contributed by atoms with Crippen LogP contribution < -0.4 is 5.32 Å². The van der Waals surface area contributed by atoms with Gasteiger partial charge in [0.05, 0.1) is 17.1 Å². The number of amides is 1. The van der Waals surface area contributed by atoms with Crippen LogP contribution in [0.2, 0.25) is 0 Å². The molecular weight excluding hydrogens is 328 g/mol. The molecular formula is C17H24N2O4S. The molecule has 1 aliphatic carbocycles. The van der Waals surface area contributed by atoms with Gasteiger partial charge in [-0.1, -0.05) is 6.42 Å². The maximum Gasteiger partial charge on any atom is 0.243 e. The Morgan fingerprint density at radius 1 is 1.12 bits per heavy atom. The SMILES string of the molecule is C[C@H]1CN(S(=O)(=O)c2ccc(NC(=O)C3CCC3)cc2)C[C@H](C)O1. The Bertz CT molecular complexity index is 688. The molecule has 7 heteroatoms.